The number of anilines is 2. The second kappa shape index (κ2) is 21.7. The van der Waals surface area contributed by atoms with Crippen LogP contribution in [0.4, 0.5) is 11.4 Å². The number of aromatic nitrogens is 4. The van der Waals surface area contributed by atoms with Gasteiger partial charge in [-0.25, -0.2) is 0 Å². The number of phenolic OH excluding ortho intramolecular Hbond substituents is 2. The lowest BCUT2D eigenvalue weighted by molar-refractivity contribution is -0.118. The number of nitrogens with one attached hydrogen (secondary N) is 2. The van der Waals surface area contributed by atoms with Crippen molar-refractivity contribution in [1.82, 2.24) is 19.9 Å². The van der Waals surface area contributed by atoms with Crippen LogP contribution in [0.5, 0.6) is 23.0 Å². The van der Waals surface area contributed by atoms with Crippen LogP contribution in [0.15, 0.2) is 134 Å². The highest BCUT2D eigenvalue weighted by atomic mass is 16.5. The Bertz CT molecular complexity index is 3900. The molecule has 84 heavy (non-hydrogen) atoms. The van der Waals surface area contributed by atoms with Crippen molar-refractivity contribution in [3.8, 4) is 23.0 Å². The largest absolute Gasteiger partial charge is 0.507 e. The predicted molar refractivity (Wildman–Crippen MR) is 337 cm³/mol. The number of carbonyl (C=O) groups is 2. The molecule has 0 aliphatic heterocycles. The van der Waals surface area contributed by atoms with Crippen molar-refractivity contribution in [2.45, 2.75) is 130 Å². The van der Waals surface area contributed by atoms with Gasteiger partial charge in [0.2, 0.25) is 0 Å². The summed E-state index contributed by atoms with van der Waals surface area (Å²) in [6.07, 6.45) is 7.90. The van der Waals surface area contributed by atoms with Crippen LogP contribution in [0.3, 0.4) is 0 Å². The first-order chi connectivity index (χ1) is 39.8. The quantitative estimate of drug-likeness (QED) is 0.107. The van der Waals surface area contributed by atoms with Gasteiger partial charge in [0.15, 0.2) is 13.2 Å². The lowest BCUT2D eigenvalue weighted by atomic mass is 9.79. The minimum absolute atomic E-state index is 0.128. The molecule has 0 saturated carbocycles. The third-order valence-electron chi connectivity index (χ3n) is 16.2. The molecule has 0 radical (unpaired) electrons. The first kappa shape index (κ1) is 56.9. The van der Waals surface area contributed by atoms with E-state index < -0.39 is 0 Å². The number of aromatic hydroxyl groups is 2. The minimum atomic E-state index is -0.370. The van der Waals surface area contributed by atoms with Gasteiger partial charge in [-0.05, 0) is 137 Å². The zero-order chi connectivity index (χ0) is 59.6. The summed E-state index contributed by atoms with van der Waals surface area (Å²) in [6, 6.07) is 35.9. The zero-order valence-electron chi connectivity index (χ0n) is 50.3. The van der Waals surface area contributed by atoms with Crippen molar-refractivity contribution in [2.75, 3.05) is 23.8 Å². The Morgan fingerprint density at radius 3 is 0.976 bits per heavy atom. The highest BCUT2D eigenvalue weighted by Crippen LogP contribution is 2.44. The zero-order valence-corrected chi connectivity index (χ0v) is 50.3. The highest BCUT2D eigenvalue weighted by Gasteiger charge is 2.30. The fourth-order valence-corrected chi connectivity index (χ4v) is 11.4. The molecule has 0 fully saturated rings. The molecule has 4 heterocycles. The molecule has 4 aromatic heterocycles. The maximum Gasteiger partial charge on any atom is 0.262 e. The van der Waals surface area contributed by atoms with Crippen molar-refractivity contribution in [3.05, 3.63) is 201 Å². The standard InChI is InChI=1S/C72H74N6O6/c1-69(2,3)51-29-43-25-47-33-53(71(7,8)9)35-49(67(47)83-39-59(79)77-57-37-41-17-13-21-73-61(41)63-55(57)19-15-23-75-63)27-45-31-52(70(4,5)6)32-46(66(45)82)28-50-36-54(72(10,11)12)34-48(26-44(30-51)65(43)81)68(50)84-40-60(80)78-58-38-42-18-14-22-74-62(42)64-56(58)20-16-24-76-64/h13-24,29-38,81-82H,25-28,39-40H2,1-12H3,(H,77,79)(H,78,80). The summed E-state index contributed by atoms with van der Waals surface area (Å²) in [4.78, 5) is 47.3. The third kappa shape index (κ3) is 11.6. The van der Waals surface area contributed by atoms with E-state index in [0.29, 0.717) is 56.2 Å². The number of ether oxygens (including phenoxy) is 2. The molecule has 0 unspecified atom stereocenters. The average molecular weight is 1120 g/mol. The Hall–Kier alpha value is -8.90. The molecule has 2 amide bonds. The van der Waals surface area contributed by atoms with Crippen LogP contribution in [0.1, 0.15) is 150 Å². The number of benzene rings is 6. The van der Waals surface area contributed by atoms with Crippen LogP contribution in [0.2, 0.25) is 0 Å². The van der Waals surface area contributed by atoms with E-state index in [4.69, 9.17) is 9.47 Å². The van der Waals surface area contributed by atoms with E-state index in [1.165, 1.54) is 0 Å². The van der Waals surface area contributed by atoms with Crippen molar-refractivity contribution in [2.24, 2.45) is 0 Å². The number of carbonyl (C=O) groups excluding carboxylic acids is 2. The monoisotopic (exact) mass is 1120 g/mol. The molecule has 8 bridgehead atoms. The van der Waals surface area contributed by atoms with Gasteiger partial charge in [0.25, 0.3) is 11.8 Å². The van der Waals surface area contributed by atoms with Crippen molar-refractivity contribution < 1.29 is 29.3 Å². The van der Waals surface area contributed by atoms with E-state index in [0.717, 1.165) is 77.1 Å². The molecule has 6 aromatic carbocycles. The van der Waals surface area contributed by atoms with Crippen LogP contribution < -0.4 is 20.1 Å². The van der Waals surface area contributed by atoms with Crippen molar-refractivity contribution >= 4 is 66.8 Å². The Morgan fingerprint density at radius 1 is 0.405 bits per heavy atom. The van der Waals surface area contributed by atoms with Crippen LogP contribution in [-0.4, -0.2) is 55.2 Å². The van der Waals surface area contributed by atoms with E-state index in [1.807, 2.05) is 60.7 Å². The van der Waals surface area contributed by atoms with E-state index in [9.17, 15) is 19.8 Å². The molecule has 428 valence electrons. The molecule has 4 N–H and O–H groups in total. The van der Waals surface area contributed by atoms with Gasteiger partial charge in [-0.15, -0.1) is 0 Å². The predicted octanol–water partition coefficient (Wildman–Crippen LogP) is 15.2. The molecule has 1 aliphatic rings. The number of hydrogen-bond donors (Lipinski definition) is 4. The van der Waals surface area contributed by atoms with Gasteiger partial charge in [0.1, 0.15) is 23.0 Å². The summed E-state index contributed by atoms with van der Waals surface area (Å²) < 4.78 is 13.8. The topological polar surface area (TPSA) is 169 Å². The Morgan fingerprint density at radius 2 is 0.679 bits per heavy atom. The molecule has 12 nitrogen and oxygen atoms in total. The number of fused-ring (bicyclic) bond motifs is 14. The lowest BCUT2D eigenvalue weighted by Gasteiger charge is -2.28. The third-order valence-corrected chi connectivity index (χ3v) is 16.2. The van der Waals surface area contributed by atoms with E-state index in [2.05, 4.69) is 162 Å². The second-order valence-electron chi connectivity index (χ2n) is 26.7. The number of amides is 2. The molecule has 1 aliphatic carbocycles. The molecule has 0 spiro atoms. The van der Waals surface area contributed by atoms with Gasteiger partial charge < -0.3 is 30.3 Å². The molecular weight excluding hydrogens is 1040 g/mol. The summed E-state index contributed by atoms with van der Waals surface area (Å²) >= 11 is 0. The SMILES string of the molecule is CC(C)(C)c1cc2c(O)c(c1)Cc1cc(C(C)(C)C)cc(c1OCC(=O)Nc1cc3cccnc3c3ncccc13)Cc1cc(C(C)(C)C)cc(c1O)Cc1cc(C(C)(C)C)cc(c1OCC(=O)Nc1cc3cccnc3c3ncccc13)C2. The summed E-state index contributed by atoms with van der Waals surface area (Å²) in [6.45, 7) is 25.3. The van der Waals surface area contributed by atoms with E-state index >= 15 is 0 Å². The van der Waals surface area contributed by atoms with Gasteiger partial charge in [0.05, 0.1) is 33.4 Å². The molecular formula is C72H74N6O6. The highest BCUT2D eigenvalue weighted by molar-refractivity contribution is 6.13. The summed E-state index contributed by atoms with van der Waals surface area (Å²) in [7, 11) is 0. The van der Waals surface area contributed by atoms with Gasteiger partial charge in [-0.3, -0.25) is 29.5 Å². The van der Waals surface area contributed by atoms with Gasteiger partial charge >= 0.3 is 0 Å². The van der Waals surface area contributed by atoms with E-state index in [-0.39, 0.29) is 83.9 Å². The molecule has 0 atom stereocenters. The minimum Gasteiger partial charge on any atom is -0.507 e. The first-order valence-corrected chi connectivity index (χ1v) is 28.9. The average Bonchev–Trinajstić information content (AvgIpc) is 1.59. The molecule has 11 rings (SSSR count). The van der Waals surface area contributed by atoms with E-state index in [1.54, 1.807) is 24.8 Å². The number of rotatable bonds is 8. The summed E-state index contributed by atoms with van der Waals surface area (Å²) in [5.74, 6) is 0.520. The lowest BCUT2D eigenvalue weighted by Crippen LogP contribution is -2.22. The number of nitrogens with zero attached hydrogens (tertiary/aromatic N) is 4. The fourth-order valence-electron chi connectivity index (χ4n) is 11.4. The maximum absolute atomic E-state index is 14.4. The molecule has 0 saturated heterocycles. The number of pyridine rings is 4. The Balaban J connectivity index is 1.06. The maximum atomic E-state index is 14.4. The van der Waals surface area contributed by atoms with Crippen LogP contribution in [0.25, 0.3) is 43.6 Å². The molecule has 12 heteroatoms. The Labute approximate surface area is 491 Å². The van der Waals surface area contributed by atoms with Crippen LogP contribution in [0, 0.1) is 0 Å². The number of phenols is 2. The van der Waals surface area contributed by atoms with Gasteiger partial charge in [-0.1, -0.05) is 144 Å². The summed E-state index contributed by atoms with van der Waals surface area (Å²) in [5.41, 5.74) is 12.6. The number of hydrogen-bond acceptors (Lipinski definition) is 10. The summed E-state index contributed by atoms with van der Waals surface area (Å²) in [5, 5.41) is 35.3. The first-order valence-electron chi connectivity index (χ1n) is 28.9. The fraction of sp³-hybridized carbons (Fsp3) is 0.306. The normalized spacial score (nSPS) is 13.1. The van der Waals surface area contributed by atoms with Crippen molar-refractivity contribution in [3.63, 3.8) is 0 Å². The molecule has 10 aromatic rings. The van der Waals surface area contributed by atoms with Crippen LogP contribution in [-0.2, 0) is 56.9 Å². The second-order valence-corrected chi connectivity index (χ2v) is 26.7. The van der Waals surface area contributed by atoms with Gasteiger partial charge in [-0.2, -0.15) is 0 Å². The smallest absolute Gasteiger partial charge is 0.262 e. The Kier molecular flexibility index (Phi) is 14.7. The van der Waals surface area contributed by atoms with Gasteiger partial charge in [0, 0.05) is 72.0 Å². The van der Waals surface area contributed by atoms with Crippen molar-refractivity contribution in [1.29, 1.82) is 0 Å². The van der Waals surface area contributed by atoms with Crippen LogP contribution >= 0.6 is 0 Å².